The molecule has 2 rings (SSSR count). The van der Waals surface area contributed by atoms with Gasteiger partial charge in [0.25, 0.3) is 0 Å². The van der Waals surface area contributed by atoms with Crippen molar-refractivity contribution in [3.8, 4) is 0 Å². The van der Waals surface area contributed by atoms with Gasteiger partial charge in [0.1, 0.15) is 12.4 Å². The summed E-state index contributed by atoms with van der Waals surface area (Å²) in [6.45, 7) is 3.81. The molecular formula is C14H24N4O3. The lowest BCUT2D eigenvalue weighted by Gasteiger charge is -2.35. The molecule has 0 aromatic carbocycles. The highest BCUT2D eigenvalue weighted by Gasteiger charge is 2.22. The van der Waals surface area contributed by atoms with Crippen molar-refractivity contribution in [1.82, 2.24) is 14.7 Å². The Labute approximate surface area is 124 Å². The molecule has 1 saturated carbocycles. The van der Waals surface area contributed by atoms with E-state index in [9.17, 15) is 15.2 Å². The minimum Gasteiger partial charge on any atom is -0.392 e. The quantitative estimate of drug-likeness (QED) is 0.612. The molecule has 0 radical (unpaired) electrons. The summed E-state index contributed by atoms with van der Waals surface area (Å²) >= 11 is 0. The van der Waals surface area contributed by atoms with Crippen molar-refractivity contribution in [2.24, 2.45) is 0 Å². The zero-order valence-electron chi connectivity index (χ0n) is 12.5. The molecule has 21 heavy (non-hydrogen) atoms. The summed E-state index contributed by atoms with van der Waals surface area (Å²) < 4.78 is 1.61. The van der Waals surface area contributed by atoms with Crippen molar-refractivity contribution in [3.05, 3.63) is 22.5 Å². The van der Waals surface area contributed by atoms with Gasteiger partial charge in [-0.3, -0.25) is 19.7 Å². The number of aliphatic hydroxyl groups is 1. The first kappa shape index (κ1) is 15.9. The Kier molecular flexibility index (Phi) is 5.69. The fourth-order valence-corrected chi connectivity index (χ4v) is 3.01. The highest BCUT2D eigenvalue weighted by atomic mass is 16.6. The van der Waals surface area contributed by atoms with Crippen LogP contribution in [0.3, 0.4) is 0 Å². The first-order valence-corrected chi connectivity index (χ1v) is 7.65. The van der Waals surface area contributed by atoms with Crippen molar-refractivity contribution in [2.75, 3.05) is 13.1 Å². The summed E-state index contributed by atoms with van der Waals surface area (Å²) in [5, 5.41) is 24.3. The normalized spacial score (nSPS) is 18.0. The monoisotopic (exact) mass is 296 g/mol. The second-order valence-electron chi connectivity index (χ2n) is 5.85. The van der Waals surface area contributed by atoms with E-state index in [0.717, 1.165) is 6.54 Å². The molecule has 0 saturated heterocycles. The van der Waals surface area contributed by atoms with Crippen LogP contribution in [0.1, 0.15) is 39.0 Å². The average Bonchev–Trinajstić information content (AvgIpc) is 2.93. The van der Waals surface area contributed by atoms with E-state index in [1.54, 1.807) is 11.6 Å². The van der Waals surface area contributed by atoms with Crippen molar-refractivity contribution >= 4 is 5.69 Å². The summed E-state index contributed by atoms with van der Waals surface area (Å²) in [5.74, 6) is 0. The van der Waals surface area contributed by atoms with Gasteiger partial charge < -0.3 is 5.11 Å². The first-order chi connectivity index (χ1) is 10.1. The first-order valence-electron chi connectivity index (χ1n) is 7.65. The van der Waals surface area contributed by atoms with E-state index in [1.165, 1.54) is 44.5 Å². The third-order valence-electron chi connectivity index (χ3n) is 4.04. The van der Waals surface area contributed by atoms with E-state index < -0.39 is 4.92 Å². The molecule has 1 unspecified atom stereocenters. The fraction of sp³-hybridized carbons (Fsp3) is 0.786. The largest absolute Gasteiger partial charge is 0.392 e. The van der Waals surface area contributed by atoms with Crippen molar-refractivity contribution < 1.29 is 10.0 Å². The SMILES string of the molecule is CC(O)CN(CCn1cc([N+](=O)[O-])cn1)C1CCCCC1. The third kappa shape index (κ3) is 4.78. The van der Waals surface area contributed by atoms with Gasteiger partial charge in [0.2, 0.25) is 0 Å². The van der Waals surface area contributed by atoms with Crippen molar-refractivity contribution in [1.29, 1.82) is 0 Å². The maximum absolute atomic E-state index is 10.7. The Morgan fingerprint density at radius 1 is 1.52 bits per heavy atom. The molecule has 1 N–H and O–H groups in total. The van der Waals surface area contributed by atoms with E-state index in [1.807, 2.05) is 0 Å². The molecule has 7 heteroatoms. The van der Waals surface area contributed by atoms with Crippen LogP contribution in [0.5, 0.6) is 0 Å². The summed E-state index contributed by atoms with van der Waals surface area (Å²) in [7, 11) is 0. The lowest BCUT2D eigenvalue weighted by Crippen LogP contribution is -2.42. The number of hydrogen-bond donors (Lipinski definition) is 1. The molecule has 0 amide bonds. The topological polar surface area (TPSA) is 84.4 Å². The van der Waals surface area contributed by atoms with Crippen LogP contribution in [0.4, 0.5) is 5.69 Å². The minimum atomic E-state index is -0.432. The second-order valence-corrected chi connectivity index (χ2v) is 5.85. The molecular weight excluding hydrogens is 272 g/mol. The third-order valence-corrected chi connectivity index (χ3v) is 4.04. The van der Waals surface area contributed by atoms with Gasteiger partial charge in [0, 0.05) is 19.1 Å². The number of aliphatic hydroxyl groups excluding tert-OH is 1. The number of hydrogen-bond acceptors (Lipinski definition) is 5. The minimum absolute atomic E-state index is 0.0229. The van der Waals surface area contributed by atoms with Crippen LogP contribution in [0, 0.1) is 10.1 Å². The Morgan fingerprint density at radius 3 is 2.81 bits per heavy atom. The van der Waals surface area contributed by atoms with Crippen LogP contribution in [0.25, 0.3) is 0 Å². The van der Waals surface area contributed by atoms with Crippen LogP contribution >= 0.6 is 0 Å². The van der Waals surface area contributed by atoms with Gasteiger partial charge in [-0.2, -0.15) is 5.10 Å². The molecule has 7 nitrogen and oxygen atoms in total. The molecule has 1 aromatic rings. The highest BCUT2D eigenvalue weighted by molar-refractivity contribution is 5.20. The Morgan fingerprint density at radius 2 is 2.24 bits per heavy atom. The van der Waals surface area contributed by atoms with Gasteiger partial charge in [-0.25, -0.2) is 0 Å². The fourth-order valence-electron chi connectivity index (χ4n) is 3.01. The molecule has 0 aliphatic heterocycles. The van der Waals surface area contributed by atoms with Crippen molar-refractivity contribution in [2.45, 2.75) is 57.7 Å². The maximum Gasteiger partial charge on any atom is 0.306 e. The standard InChI is InChI=1S/C14H24N4O3/c1-12(19)10-16(13-5-3-2-4-6-13)7-8-17-11-14(9-15-17)18(20)21/h9,11-13,19H,2-8,10H2,1H3. The van der Waals surface area contributed by atoms with Gasteiger partial charge in [-0.1, -0.05) is 19.3 Å². The molecule has 1 heterocycles. The van der Waals surface area contributed by atoms with Crippen LogP contribution in [-0.4, -0.2) is 49.9 Å². The predicted octanol–water partition coefficient (Wildman–Crippen LogP) is 1.81. The van der Waals surface area contributed by atoms with Gasteiger partial charge >= 0.3 is 5.69 Å². The van der Waals surface area contributed by atoms with E-state index >= 15 is 0 Å². The molecule has 1 fully saturated rings. The van der Waals surface area contributed by atoms with Gasteiger partial charge in [0.05, 0.1) is 17.6 Å². The van der Waals surface area contributed by atoms with Gasteiger partial charge in [-0.05, 0) is 19.8 Å². The maximum atomic E-state index is 10.7. The lowest BCUT2D eigenvalue weighted by molar-refractivity contribution is -0.385. The summed E-state index contributed by atoms with van der Waals surface area (Å²) in [4.78, 5) is 12.5. The Bertz CT molecular complexity index is 455. The van der Waals surface area contributed by atoms with E-state index in [0.29, 0.717) is 19.1 Å². The number of rotatable bonds is 7. The Hall–Kier alpha value is -1.47. The molecule has 0 spiro atoms. The highest BCUT2D eigenvalue weighted by Crippen LogP contribution is 2.22. The summed E-state index contributed by atoms with van der Waals surface area (Å²) in [5.41, 5.74) is 0.0229. The second kappa shape index (κ2) is 7.51. The summed E-state index contributed by atoms with van der Waals surface area (Å²) in [6, 6.07) is 0.513. The van der Waals surface area contributed by atoms with Crippen LogP contribution in [0.15, 0.2) is 12.4 Å². The zero-order chi connectivity index (χ0) is 15.2. The predicted molar refractivity (Wildman–Crippen MR) is 79.0 cm³/mol. The van der Waals surface area contributed by atoms with Crippen LogP contribution < -0.4 is 0 Å². The van der Waals surface area contributed by atoms with E-state index in [4.69, 9.17) is 0 Å². The lowest BCUT2D eigenvalue weighted by atomic mass is 9.94. The van der Waals surface area contributed by atoms with Crippen LogP contribution in [0.2, 0.25) is 0 Å². The van der Waals surface area contributed by atoms with E-state index in [-0.39, 0.29) is 11.8 Å². The number of nitro groups is 1. The zero-order valence-corrected chi connectivity index (χ0v) is 12.5. The van der Waals surface area contributed by atoms with Crippen molar-refractivity contribution in [3.63, 3.8) is 0 Å². The van der Waals surface area contributed by atoms with E-state index in [2.05, 4.69) is 10.00 Å². The molecule has 1 aliphatic carbocycles. The molecule has 0 bridgehead atoms. The van der Waals surface area contributed by atoms with Crippen LogP contribution in [-0.2, 0) is 6.54 Å². The smallest absolute Gasteiger partial charge is 0.306 e. The molecule has 1 atom stereocenters. The number of nitrogens with zero attached hydrogens (tertiary/aromatic N) is 4. The van der Waals surface area contributed by atoms with Gasteiger partial charge in [-0.15, -0.1) is 0 Å². The Balaban J connectivity index is 1.92. The van der Waals surface area contributed by atoms with Gasteiger partial charge in [0.15, 0.2) is 0 Å². The molecule has 118 valence electrons. The molecule has 1 aliphatic rings. The summed E-state index contributed by atoms with van der Waals surface area (Å²) in [6.07, 6.45) is 8.50. The molecule has 1 aromatic heterocycles. The average molecular weight is 296 g/mol. The number of aromatic nitrogens is 2.